The molecule has 6 nitrogen and oxygen atoms in total. The second kappa shape index (κ2) is 6.97. The number of amides is 1. The molecule has 0 heterocycles. The molecule has 0 fully saturated rings. The topological polar surface area (TPSA) is 83.9 Å². The summed E-state index contributed by atoms with van der Waals surface area (Å²) in [7, 11) is 1.19. The van der Waals surface area contributed by atoms with Gasteiger partial charge in [0.25, 0.3) is 5.91 Å². The van der Waals surface area contributed by atoms with E-state index in [4.69, 9.17) is 21.5 Å². The van der Waals surface area contributed by atoms with Crippen molar-refractivity contribution in [1.29, 1.82) is 0 Å². The number of carbonyl (C=O) groups is 3. The zero-order chi connectivity index (χ0) is 15.3. The van der Waals surface area contributed by atoms with E-state index in [0.717, 1.165) is 11.1 Å². The molecule has 0 aromatic heterocycles. The van der Waals surface area contributed by atoms with Gasteiger partial charge in [0.2, 0.25) is 5.78 Å². The van der Waals surface area contributed by atoms with Gasteiger partial charge in [0.15, 0.2) is 0 Å². The molecule has 0 aliphatic carbocycles. The second-order valence-electron chi connectivity index (χ2n) is 3.77. The third-order valence-corrected chi connectivity index (χ3v) is 2.65. The summed E-state index contributed by atoms with van der Waals surface area (Å²) in [6, 6.07) is 3.81. The van der Waals surface area contributed by atoms with Gasteiger partial charge in [-0.15, -0.1) is 0 Å². The van der Waals surface area contributed by atoms with E-state index in [1.54, 1.807) is 0 Å². The highest BCUT2D eigenvalue weighted by molar-refractivity contribution is 6.36. The van der Waals surface area contributed by atoms with Crippen LogP contribution < -0.4 is 0 Å². The van der Waals surface area contributed by atoms with Crippen molar-refractivity contribution in [2.45, 2.75) is 13.0 Å². The number of rotatable bonds is 6. The summed E-state index contributed by atoms with van der Waals surface area (Å²) in [5.41, 5.74) is 0.467. The Morgan fingerprint density at radius 1 is 1.40 bits per heavy atom. The third kappa shape index (κ3) is 4.29. The highest BCUT2D eigenvalue weighted by Crippen LogP contribution is 2.17. The van der Waals surface area contributed by atoms with E-state index in [0.29, 0.717) is 5.56 Å². The average molecular weight is 304 g/mol. The summed E-state index contributed by atoms with van der Waals surface area (Å²) in [4.78, 5) is 37.7. The van der Waals surface area contributed by atoms with Crippen LogP contribution in [-0.2, 0) is 25.8 Å². The molecule has 0 radical (unpaired) electrons. The molecule has 20 heavy (non-hydrogen) atoms. The first-order chi connectivity index (χ1) is 9.35. The predicted octanol–water partition coefficient (Wildman–Crippen LogP) is 1.41. The molecule has 0 spiro atoms. The number of nitrogens with zero attached hydrogens (tertiary/aromatic N) is 1. The number of carboxylic acids is 1. The lowest BCUT2D eigenvalue weighted by molar-refractivity contribution is -0.180. The molecular formula is C12H11ClFNO5. The molecule has 1 rings (SSSR count). The van der Waals surface area contributed by atoms with Gasteiger partial charge in [-0.25, -0.2) is 14.2 Å². The second-order valence-corrected chi connectivity index (χ2v) is 4.17. The molecule has 0 aliphatic heterocycles. The number of benzene rings is 1. The van der Waals surface area contributed by atoms with Gasteiger partial charge in [-0.2, -0.15) is 0 Å². The van der Waals surface area contributed by atoms with E-state index in [-0.39, 0.29) is 11.6 Å². The Kier molecular flexibility index (Phi) is 5.60. The van der Waals surface area contributed by atoms with E-state index in [1.807, 2.05) is 0 Å². The van der Waals surface area contributed by atoms with Crippen LogP contribution >= 0.6 is 11.6 Å². The van der Waals surface area contributed by atoms with Gasteiger partial charge in [0, 0.05) is 0 Å². The molecule has 0 saturated carbocycles. The largest absolute Gasteiger partial charge is 0.475 e. The average Bonchev–Trinajstić information content (AvgIpc) is 2.39. The summed E-state index contributed by atoms with van der Waals surface area (Å²) in [6.45, 7) is -0.0950. The van der Waals surface area contributed by atoms with Gasteiger partial charge < -0.3 is 5.11 Å². The summed E-state index contributed by atoms with van der Waals surface area (Å²) < 4.78 is 13.0. The van der Waals surface area contributed by atoms with E-state index in [9.17, 15) is 18.8 Å². The first-order valence-electron chi connectivity index (χ1n) is 5.39. The Labute approximate surface area is 118 Å². The van der Waals surface area contributed by atoms with Crippen LogP contribution in [0.2, 0.25) is 5.02 Å². The highest BCUT2D eigenvalue weighted by Gasteiger charge is 2.22. The zero-order valence-electron chi connectivity index (χ0n) is 10.4. The van der Waals surface area contributed by atoms with Crippen LogP contribution in [0.4, 0.5) is 4.39 Å². The number of hydrogen-bond donors (Lipinski definition) is 1. The van der Waals surface area contributed by atoms with Crippen molar-refractivity contribution in [3.8, 4) is 0 Å². The summed E-state index contributed by atoms with van der Waals surface area (Å²) >= 11 is 5.59. The van der Waals surface area contributed by atoms with Crippen molar-refractivity contribution in [3.05, 3.63) is 34.6 Å². The lowest BCUT2D eigenvalue weighted by Gasteiger charge is -2.19. The van der Waals surface area contributed by atoms with Crippen LogP contribution in [0.25, 0.3) is 0 Å². The maximum atomic E-state index is 13.0. The molecule has 0 saturated heterocycles. The molecular weight excluding hydrogens is 293 g/mol. The smallest absolute Gasteiger partial charge is 0.372 e. The van der Waals surface area contributed by atoms with Gasteiger partial charge >= 0.3 is 5.97 Å². The van der Waals surface area contributed by atoms with E-state index < -0.39 is 29.9 Å². The Balaban J connectivity index is 2.75. The Morgan fingerprint density at radius 2 is 2.05 bits per heavy atom. The Hall–Kier alpha value is -1.99. The lowest BCUT2D eigenvalue weighted by Crippen LogP contribution is -2.32. The normalized spacial score (nSPS) is 10.2. The molecule has 1 aromatic carbocycles. The summed E-state index contributed by atoms with van der Waals surface area (Å²) in [5.74, 6) is -4.36. The van der Waals surface area contributed by atoms with E-state index >= 15 is 0 Å². The summed E-state index contributed by atoms with van der Waals surface area (Å²) in [6.07, 6.45) is -0.821. The third-order valence-electron chi connectivity index (χ3n) is 2.36. The highest BCUT2D eigenvalue weighted by atomic mass is 35.5. The molecule has 0 bridgehead atoms. The van der Waals surface area contributed by atoms with E-state index in [1.165, 1.54) is 19.2 Å². The van der Waals surface area contributed by atoms with Crippen LogP contribution in [0.15, 0.2) is 18.2 Å². The SMILES string of the molecule is CON(Cc1ccc(F)c(Cl)c1)C(=O)CC(=O)C(=O)O. The number of carbonyl (C=O) groups excluding carboxylic acids is 2. The van der Waals surface area contributed by atoms with Crippen LogP contribution in [0.3, 0.4) is 0 Å². The fourth-order valence-electron chi connectivity index (χ4n) is 1.36. The fraction of sp³-hybridized carbons (Fsp3) is 0.250. The van der Waals surface area contributed by atoms with Crippen LogP contribution in [0.5, 0.6) is 0 Å². The quantitative estimate of drug-likeness (QED) is 0.488. The van der Waals surface area contributed by atoms with Crippen LogP contribution in [0, 0.1) is 5.82 Å². The zero-order valence-corrected chi connectivity index (χ0v) is 11.2. The monoisotopic (exact) mass is 303 g/mol. The maximum absolute atomic E-state index is 13.0. The lowest BCUT2D eigenvalue weighted by atomic mass is 10.2. The van der Waals surface area contributed by atoms with Gasteiger partial charge in [0.05, 0.1) is 25.1 Å². The minimum Gasteiger partial charge on any atom is -0.475 e. The number of hydrogen-bond acceptors (Lipinski definition) is 4. The van der Waals surface area contributed by atoms with Gasteiger partial charge in [0.1, 0.15) is 5.82 Å². The minimum absolute atomic E-state index is 0.0950. The standard InChI is InChI=1S/C12H11ClFNO5/c1-20-15(11(17)5-10(16)12(18)19)6-7-2-3-9(14)8(13)4-7/h2-4H,5-6H2,1H3,(H,18,19). The first kappa shape index (κ1) is 16.1. The maximum Gasteiger partial charge on any atom is 0.372 e. The molecule has 1 amide bonds. The van der Waals surface area contributed by atoms with Crippen molar-refractivity contribution in [1.82, 2.24) is 5.06 Å². The van der Waals surface area contributed by atoms with Gasteiger partial charge in [-0.05, 0) is 17.7 Å². The van der Waals surface area contributed by atoms with Gasteiger partial charge in [-0.1, -0.05) is 17.7 Å². The molecule has 108 valence electrons. The summed E-state index contributed by atoms with van der Waals surface area (Å²) in [5, 5.41) is 9.10. The van der Waals surface area contributed by atoms with Crippen molar-refractivity contribution < 1.29 is 28.7 Å². The van der Waals surface area contributed by atoms with Crippen molar-refractivity contribution in [2.75, 3.05) is 7.11 Å². The minimum atomic E-state index is -1.70. The van der Waals surface area contributed by atoms with Crippen molar-refractivity contribution in [2.24, 2.45) is 0 Å². The van der Waals surface area contributed by atoms with Crippen molar-refractivity contribution in [3.63, 3.8) is 0 Å². The van der Waals surface area contributed by atoms with Crippen molar-refractivity contribution >= 4 is 29.3 Å². The number of Topliss-reactive ketones (excluding diaryl/α,β-unsaturated/α-hetero) is 1. The predicted molar refractivity (Wildman–Crippen MR) is 66.2 cm³/mol. The number of halogens is 2. The van der Waals surface area contributed by atoms with Crippen LogP contribution in [-0.4, -0.2) is 34.9 Å². The first-order valence-corrected chi connectivity index (χ1v) is 5.77. The van der Waals surface area contributed by atoms with Gasteiger partial charge in [-0.3, -0.25) is 14.4 Å². The number of hydroxylamine groups is 2. The molecule has 0 atom stereocenters. The molecule has 0 aliphatic rings. The number of aliphatic carboxylic acids is 1. The molecule has 0 unspecified atom stereocenters. The Bertz CT molecular complexity index is 549. The number of ketones is 1. The fourth-order valence-corrected chi connectivity index (χ4v) is 1.56. The molecule has 1 aromatic rings. The van der Waals surface area contributed by atoms with E-state index in [2.05, 4.69) is 0 Å². The molecule has 1 N–H and O–H groups in total. The van der Waals surface area contributed by atoms with Crippen LogP contribution in [0.1, 0.15) is 12.0 Å². The molecule has 8 heteroatoms. The number of carboxylic acid groups (broad SMARTS) is 1. The Morgan fingerprint density at radius 3 is 2.55 bits per heavy atom.